The molecule has 1 fully saturated rings. The second kappa shape index (κ2) is 7.13. The van der Waals surface area contributed by atoms with Crippen LogP contribution in [0.3, 0.4) is 0 Å². The van der Waals surface area contributed by atoms with Crippen LogP contribution in [-0.2, 0) is 6.54 Å². The van der Waals surface area contributed by atoms with Crippen molar-refractivity contribution in [2.45, 2.75) is 26.3 Å². The molecule has 2 N–H and O–H groups in total. The summed E-state index contributed by atoms with van der Waals surface area (Å²) in [7, 11) is 0. The molecule has 1 saturated heterocycles. The average molecular weight is 283 g/mol. The van der Waals surface area contributed by atoms with Gasteiger partial charge in [-0.25, -0.2) is 0 Å². The van der Waals surface area contributed by atoms with Crippen LogP contribution in [0.5, 0.6) is 0 Å². The van der Waals surface area contributed by atoms with Crippen molar-refractivity contribution in [1.29, 1.82) is 0 Å². The molecule has 0 aromatic heterocycles. The van der Waals surface area contributed by atoms with Gasteiger partial charge < -0.3 is 15.3 Å². The predicted octanol–water partition coefficient (Wildman–Crippen LogP) is 2.66. The third-order valence-corrected chi connectivity index (χ3v) is 3.97. The van der Waals surface area contributed by atoms with Gasteiger partial charge in [0, 0.05) is 37.0 Å². The Morgan fingerprint density at radius 2 is 2.32 bits per heavy atom. The molecule has 3 nitrogen and oxygen atoms in total. The number of aliphatic hydroxyl groups is 1. The summed E-state index contributed by atoms with van der Waals surface area (Å²) >= 11 is 6.14. The summed E-state index contributed by atoms with van der Waals surface area (Å²) in [6.07, 6.45) is 2.26. The highest BCUT2D eigenvalue weighted by molar-refractivity contribution is 6.30. The minimum absolute atomic E-state index is 0.277. The van der Waals surface area contributed by atoms with Crippen molar-refractivity contribution >= 4 is 17.3 Å². The molecule has 0 saturated carbocycles. The number of hydrogen-bond acceptors (Lipinski definition) is 3. The molecule has 1 aromatic rings. The molecule has 106 valence electrons. The molecule has 1 atom stereocenters. The van der Waals surface area contributed by atoms with E-state index in [1.54, 1.807) is 0 Å². The Balaban J connectivity index is 2.18. The fourth-order valence-corrected chi connectivity index (χ4v) is 2.84. The number of halogens is 1. The third-order valence-electron chi connectivity index (χ3n) is 3.73. The molecule has 0 amide bonds. The van der Waals surface area contributed by atoms with Crippen LogP contribution in [0.1, 0.15) is 25.3 Å². The largest absolute Gasteiger partial charge is 0.396 e. The molecule has 19 heavy (non-hydrogen) atoms. The average Bonchev–Trinajstić information content (AvgIpc) is 2.46. The highest BCUT2D eigenvalue weighted by Gasteiger charge is 2.21. The lowest BCUT2D eigenvalue weighted by Gasteiger charge is -2.35. The van der Waals surface area contributed by atoms with Gasteiger partial charge in [-0.1, -0.05) is 24.6 Å². The van der Waals surface area contributed by atoms with Crippen molar-refractivity contribution in [1.82, 2.24) is 5.32 Å². The summed E-state index contributed by atoms with van der Waals surface area (Å²) < 4.78 is 0. The van der Waals surface area contributed by atoms with Gasteiger partial charge in [0.2, 0.25) is 0 Å². The minimum Gasteiger partial charge on any atom is -0.396 e. The third kappa shape index (κ3) is 3.85. The van der Waals surface area contributed by atoms with Crippen molar-refractivity contribution in [3.63, 3.8) is 0 Å². The highest BCUT2D eigenvalue weighted by Crippen LogP contribution is 2.29. The number of piperidine rings is 1. The Morgan fingerprint density at radius 3 is 3.05 bits per heavy atom. The van der Waals surface area contributed by atoms with Crippen LogP contribution < -0.4 is 10.2 Å². The van der Waals surface area contributed by atoms with Gasteiger partial charge in [0.25, 0.3) is 0 Å². The number of aliphatic hydroxyl groups excluding tert-OH is 1. The molecule has 0 spiro atoms. The molecule has 0 bridgehead atoms. The normalized spacial score (nSPS) is 19.7. The van der Waals surface area contributed by atoms with E-state index >= 15 is 0 Å². The first kappa shape index (κ1) is 14.6. The Kier molecular flexibility index (Phi) is 5.49. The van der Waals surface area contributed by atoms with Crippen LogP contribution in [0.15, 0.2) is 18.2 Å². The van der Waals surface area contributed by atoms with Crippen molar-refractivity contribution in [3.8, 4) is 0 Å². The van der Waals surface area contributed by atoms with Crippen LogP contribution in [0.2, 0.25) is 5.02 Å². The number of nitrogens with one attached hydrogen (secondary N) is 1. The zero-order valence-electron chi connectivity index (χ0n) is 11.5. The lowest BCUT2D eigenvalue weighted by Crippen LogP contribution is -2.37. The molecule has 1 aliphatic rings. The van der Waals surface area contributed by atoms with Crippen LogP contribution in [0, 0.1) is 5.92 Å². The molecule has 2 rings (SSSR count). The Bertz CT molecular complexity index is 411. The minimum atomic E-state index is 0.277. The first-order chi connectivity index (χ1) is 9.24. The number of benzene rings is 1. The molecule has 0 radical (unpaired) electrons. The van der Waals surface area contributed by atoms with E-state index in [0.29, 0.717) is 5.92 Å². The van der Waals surface area contributed by atoms with Crippen LogP contribution >= 0.6 is 11.6 Å². The van der Waals surface area contributed by atoms with Crippen molar-refractivity contribution < 1.29 is 5.11 Å². The second-order valence-corrected chi connectivity index (χ2v) is 5.63. The summed E-state index contributed by atoms with van der Waals surface area (Å²) in [4.78, 5) is 2.36. The van der Waals surface area contributed by atoms with Gasteiger partial charge in [0.1, 0.15) is 0 Å². The van der Waals surface area contributed by atoms with Crippen molar-refractivity contribution in [3.05, 3.63) is 28.8 Å². The van der Waals surface area contributed by atoms with Crippen LogP contribution in [0.4, 0.5) is 5.69 Å². The molecular formula is C15H23ClN2O. The maximum absolute atomic E-state index is 9.36. The summed E-state index contributed by atoms with van der Waals surface area (Å²) in [6, 6.07) is 6.10. The van der Waals surface area contributed by atoms with E-state index in [-0.39, 0.29) is 6.61 Å². The molecule has 1 aromatic carbocycles. The highest BCUT2D eigenvalue weighted by atomic mass is 35.5. The van der Waals surface area contributed by atoms with E-state index < -0.39 is 0 Å². The first-order valence-corrected chi connectivity index (χ1v) is 7.47. The first-order valence-electron chi connectivity index (χ1n) is 7.09. The monoisotopic (exact) mass is 282 g/mol. The lowest BCUT2D eigenvalue weighted by atomic mass is 9.97. The van der Waals surface area contributed by atoms with Gasteiger partial charge >= 0.3 is 0 Å². The zero-order valence-corrected chi connectivity index (χ0v) is 12.3. The molecular weight excluding hydrogens is 260 g/mol. The predicted molar refractivity (Wildman–Crippen MR) is 80.9 cm³/mol. The van der Waals surface area contributed by atoms with E-state index in [4.69, 9.17) is 11.6 Å². The number of rotatable bonds is 5. The van der Waals surface area contributed by atoms with Gasteiger partial charge in [0.15, 0.2) is 0 Å². The smallest absolute Gasteiger partial charge is 0.0476 e. The summed E-state index contributed by atoms with van der Waals surface area (Å²) in [5.41, 5.74) is 2.50. The number of anilines is 1. The maximum Gasteiger partial charge on any atom is 0.0476 e. The van der Waals surface area contributed by atoms with Gasteiger partial charge in [0.05, 0.1) is 0 Å². The molecule has 1 unspecified atom stereocenters. The zero-order chi connectivity index (χ0) is 13.7. The number of hydrogen-bond donors (Lipinski definition) is 2. The molecule has 1 aliphatic heterocycles. The SMILES string of the molecule is CCNCc1ccc(Cl)cc1N1CCCC(CO)C1. The Labute approximate surface area is 120 Å². The fraction of sp³-hybridized carbons (Fsp3) is 0.600. The molecule has 4 heteroatoms. The van der Waals surface area contributed by atoms with Crippen LogP contribution in [0.25, 0.3) is 0 Å². The maximum atomic E-state index is 9.36. The van der Waals surface area contributed by atoms with Gasteiger partial charge in [-0.3, -0.25) is 0 Å². The quantitative estimate of drug-likeness (QED) is 0.872. The van der Waals surface area contributed by atoms with E-state index in [2.05, 4.69) is 23.2 Å². The molecule has 0 aliphatic carbocycles. The summed E-state index contributed by atoms with van der Waals surface area (Å²) in [5, 5.41) is 13.5. The van der Waals surface area contributed by atoms with Gasteiger partial charge in [-0.15, -0.1) is 0 Å². The van der Waals surface area contributed by atoms with E-state index in [1.807, 2.05) is 12.1 Å². The molecule has 1 heterocycles. The van der Waals surface area contributed by atoms with E-state index in [9.17, 15) is 5.11 Å². The van der Waals surface area contributed by atoms with E-state index in [1.165, 1.54) is 11.3 Å². The van der Waals surface area contributed by atoms with Gasteiger partial charge in [-0.05, 0) is 43.0 Å². The summed E-state index contributed by atoms with van der Waals surface area (Å²) in [5.74, 6) is 0.389. The fourth-order valence-electron chi connectivity index (χ4n) is 2.67. The Morgan fingerprint density at radius 1 is 1.47 bits per heavy atom. The van der Waals surface area contributed by atoms with Crippen molar-refractivity contribution in [2.24, 2.45) is 5.92 Å². The van der Waals surface area contributed by atoms with E-state index in [0.717, 1.165) is 44.0 Å². The lowest BCUT2D eigenvalue weighted by molar-refractivity contribution is 0.208. The summed E-state index contributed by atoms with van der Waals surface area (Å²) in [6.45, 7) is 6.19. The topological polar surface area (TPSA) is 35.5 Å². The van der Waals surface area contributed by atoms with Gasteiger partial charge in [-0.2, -0.15) is 0 Å². The second-order valence-electron chi connectivity index (χ2n) is 5.19. The van der Waals surface area contributed by atoms with Crippen molar-refractivity contribution in [2.75, 3.05) is 31.1 Å². The number of nitrogens with zero attached hydrogens (tertiary/aromatic N) is 1. The van der Waals surface area contributed by atoms with Crippen LogP contribution in [-0.4, -0.2) is 31.3 Å². The standard InChI is InChI=1S/C15H23ClN2O/c1-2-17-9-13-5-6-14(16)8-15(13)18-7-3-4-12(10-18)11-19/h5-6,8,12,17,19H,2-4,7,9-11H2,1H3. The Hall–Kier alpha value is -0.770.